The van der Waals surface area contributed by atoms with E-state index in [0.717, 1.165) is 16.3 Å². The number of nitrogen functional groups attached to an aromatic ring is 1. The molecule has 2 aromatic carbocycles. The predicted molar refractivity (Wildman–Crippen MR) is 76.3 cm³/mol. The van der Waals surface area contributed by atoms with Crippen molar-refractivity contribution in [2.75, 3.05) is 5.73 Å². The molecule has 2 aromatic rings. The molecule has 0 radical (unpaired) electrons. The molecule has 0 aromatic heterocycles. The Labute approximate surface area is 107 Å². The largest absolute Gasteiger partial charge is 0.398 e. The molecule has 0 spiro atoms. The number of rotatable bonds is 3. The first-order valence-electron chi connectivity index (χ1n) is 5.69. The predicted octanol–water partition coefficient (Wildman–Crippen LogP) is 4.18. The molecule has 0 aliphatic heterocycles. The SMILES string of the molecule is Cc1cccc(CSc2ccc(C)cc2N)c1. The van der Waals surface area contributed by atoms with Gasteiger partial charge in [-0.25, -0.2) is 0 Å². The fraction of sp³-hybridized carbons (Fsp3) is 0.200. The third kappa shape index (κ3) is 3.27. The third-order valence-electron chi connectivity index (χ3n) is 2.64. The second-order valence-electron chi connectivity index (χ2n) is 4.32. The van der Waals surface area contributed by atoms with Crippen LogP contribution in [0.1, 0.15) is 16.7 Å². The molecule has 1 nitrogen and oxygen atoms in total. The van der Waals surface area contributed by atoms with Gasteiger partial charge in [0.05, 0.1) is 0 Å². The quantitative estimate of drug-likeness (QED) is 0.646. The van der Waals surface area contributed by atoms with E-state index in [1.807, 2.05) is 6.07 Å². The fourth-order valence-corrected chi connectivity index (χ4v) is 2.65. The highest BCUT2D eigenvalue weighted by Crippen LogP contribution is 2.28. The first kappa shape index (κ1) is 12.1. The van der Waals surface area contributed by atoms with E-state index in [0.29, 0.717) is 0 Å². The van der Waals surface area contributed by atoms with E-state index >= 15 is 0 Å². The normalized spacial score (nSPS) is 10.5. The highest BCUT2D eigenvalue weighted by atomic mass is 32.2. The van der Waals surface area contributed by atoms with Crippen molar-refractivity contribution in [1.29, 1.82) is 0 Å². The van der Waals surface area contributed by atoms with Crippen LogP contribution in [0.3, 0.4) is 0 Å². The van der Waals surface area contributed by atoms with Crippen molar-refractivity contribution in [2.45, 2.75) is 24.5 Å². The molecule has 88 valence electrons. The van der Waals surface area contributed by atoms with Crippen LogP contribution in [0.5, 0.6) is 0 Å². The van der Waals surface area contributed by atoms with Crippen molar-refractivity contribution in [3.8, 4) is 0 Å². The summed E-state index contributed by atoms with van der Waals surface area (Å²) in [6.45, 7) is 4.18. The standard InChI is InChI=1S/C15H17NS/c1-11-4-3-5-13(8-11)10-17-15-7-6-12(2)9-14(15)16/h3-9H,10,16H2,1-2H3. The van der Waals surface area contributed by atoms with E-state index in [1.165, 1.54) is 16.7 Å². The van der Waals surface area contributed by atoms with Crippen LogP contribution < -0.4 is 5.73 Å². The summed E-state index contributed by atoms with van der Waals surface area (Å²) in [7, 11) is 0. The van der Waals surface area contributed by atoms with E-state index in [9.17, 15) is 0 Å². The van der Waals surface area contributed by atoms with Gasteiger partial charge in [0.25, 0.3) is 0 Å². The van der Waals surface area contributed by atoms with Crippen molar-refractivity contribution in [1.82, 2.24) is 0 Å². The summed E-state index contributed by atoms with van der Waals surface area (Å²) >= 11 is 1.79. The van der Waals surface area contributed by atoms with Gasteiger partial charge in [-0.15, -0.1) is 11.8 Å². The molecule has 17 heavy (non-hydrogen) atoms. The van der Waals surface area contributed by atoms with E-state index < -0.39 is 0 Å². The Morgan fingerprint density at radius 3 is 2.47 bits per heavy atom. The van der Waals surface area contributed by atoms with Crippen molar-refractivity contribution < 1.29 is 0 Å². The smallest absolute Gasteiger partial charge is 0.0454 e. The number of thioether (sulfide) groups is 1. The molecule has 0 aliphatic carbocycles. The summed E-state index contributed by atoms with van der Waals surface area (Å²) in [6, 6.07) is 14.8. The zero-order valence-corrected chi connectivity index (χ0v) is 11.1. The van der Waals surface area contributed by atoms with E-state index in [-0.39, 0.29) is 0 Å². The van der Waals surface area contributed by atoms with Gasteiger partial charge in [0.2, 0.25) is 0 Å². The number of anilines is 1. The number of aryl methyl sites for hydroxylation is 2. The highest BCUT2D eigenvalue weighted by molar-refractivity contribution is 7.98. The molecule has 2 N–H and O–H groups in total. The van der Waals surface area contributed by atoms with Gasteiger partial charge in [-0.2, -0.15) is 0 Å². The molecule has 2 rings (SSSR count). The highest BCUT2D eigenvalue weighted by Gasteiger charge is 2.01. The monoisotopic (exact) mass is 243 g/mol. The number of hydrogen-bond donors (Lipinski definition) is 1. The second-order valence-corrected chi connectivity index (χ2v) is 5.34. The molecule has 0 aliphatic rings. The second kappa shape index (κ2) is 5.28. The van der Waals surface area contributed by atoms with Gasteiger partial charge in [0.1, 0.15) is 0 Å². The maximum atomic E-state index is 5.99. The molecule has 2 heteroatoms. The van der Waals surface area contributed by atoms with Crippen LogP contribution in [0.2, 0.25) is 0 Å². The van der Waals surface area contributed by atoms with E-state index in [2.05, 4.69) is 50.2 Å². The average Bonchev–Trinajstić information content (AvgIpc) is 2.28. The first-order chi connectivity index (χ1) is 8.15. The van der Waals surface area contributed by atoms with Gasteiger partial charge in [-0.05, 0) is 37.1 Å². The van der Waals surface area contributed by atoms with Crippen LogP contribution >= 0.6 is 11.8 Å². The Kier molecular flexibility index (Phi) is 3.75. The molecule has 0 saturated heterocycles. The lowest BCUT2D eigenvalue weighted by Crippen LogP contribution is -1.90. The van der Waals surface area contributed by atoms with Crippen LogP contribution in [0.15, 0.2) is 47.4 Å². The molecule has 0 heterocycles. The maximum Gasteiger partial charge on any atom is 0.0454 e. The van der Waals surface area contributed by atoms with Crippen molar-refractivity contribution >= 4 is 17.4 Å². The molecule has 0 atom stereocenters. The van der Waals surface area contributed by atoms with Gasteiger partial charge in [0.15, 0.2) is 0 Å². The minimum Gasteiger partial charge on any atom is -0.398 e. The summed E-state index contributed by atoms with van der Waals surface area (Å²) < 4.78 is 0. The third-order valence-corrected chi connectivity index (χ3v) is 3.80. The zero-order valence-electron chi connectivity index (χ0n) is 10.2. The Morgan fingerprint density at radius 2 is 1.76 bits per heavy atom. The number of hydrogen-bond acceptors (Lipinski definition) is 2. The van der Waals surface area contributed by atoms with Crippen LogP contribution in [-0.4, -0.2) is 0 Å². The lowest BCUT2D eigenvalue weighted by Gasteiger charge is -2.07. The number of benzene rings is 2. The van der Waals surface area contributed by atoms with Crippen LogP contribution in [0.25, 0.3) is 0 Å². The van der Waals surface area contributed by atoms with Gasteiger partial charge in [-0.3, -0.25) is 0 Å². The molecular formula is C15H17NS. The van der Waals surface area contributed by atoms with Gasteiger partial charge >= 0.3 is 0 Å². The van der Waals surface area contributed by atoms with Crippen molar-refractivity contribution in [2.24, 2.45) is 0 Å². The zero-order chi connectivity index (χ0) is 12.3. The molecule has 0 saturated carbocycles. The van der Waals surface area contributed by atoms with E-state index in [1.54, 1.807) is 11.8 Å². The summed E-state index contributed by atoms with van der Waals surface area (Å²) in [6.07, 6.45) is 0. The van der Waals surface area contributed by atoms with Crippen LogP contribution in [0.4, 0.5) is 5.69 Å². The summed E-state index contributed by atoms with van der Waals surface area (Å²) in [4.78, 5) is 1.16. The van der Waals surface area contributed by atoms with E-state index in [4.69, 9.17) is 5.73 Å². The Hall–Kier alpha value is -1.41. The van der Waals surface area contributed by atoms with Crippen LogP contribution in [0, 0.1) is 13.8 Å². The summed E-state index contributed by atoms with van der Waals surface area (Å²) in [5, 5.41) is 0. The average molecular weight is 243 g/mol. The Balaban J connectivity index is 2.07. The lowest BCUT2D eigenvalue weighted by atomic mass is 10.2. The minimum atomic E-state index is 0.877. The van der Waals surface area contributed by atoms with Gasteiger partial charge in [0, 0.05) is 16.3 Å². The van der Waals surface area contributed by atoms with Gasteiger partial charge in [-0.1, -0.05) is 35.9 Å². The lowest BCUT2D eigenvalue weighted by molar-refractivity contribution is 1.33. The summed E-state index contributed by atoms with van der Waals surface area (Å²) in [5.74, 6) is 0.967. The molecule has 0 bridgehead atoms. The topological polar surface area (TPSA) is 26.0 Å². The van der Waals surface area contributed by atoms with Crippen LogP contribution in [-0.2, 0) is 5.75 Å². The maximum absolute atomic E-state index is 5.99. The van der Waals surface area contributed by atoms with Gasteiger partial charge < -0.3 is 5.73 Å². The Morgan fingerprint density at radius 1 is 1.00 bits per heavy atom. The Bertz CT molecular complexity index is 520. The van der Waals surface area contributed by atoms with Crippen molar-refractivity contribution in [3.63, 3.8) is 0 Å². The number of nitrogens with two attached hydrogens (primary N) is 1. The van der Waals surface area contributed by atoms with Crippen molar-refractivity contribution in [3.05, 3.63) is 59.2 Å². The minimum absolute atomic E-state index is 0.877. The summed E-state index contributed by atoms with van der Waals surface area (Å²) in [5.41, 5.74) is 10.7. The first-order valence-corrected chi connectivity index (χ1v) is 6.68. The molecule has 0 unspecified atom stereocenters. The molecule has 0 amide bonds. The fourth-order valence-electron chi connectivity index (χ4n) is 1.76. The molecular weight excluding hydrogens is 226 g/mol. The molecule has 0 fully saturated rings.